The summed E-state index contributed by atoms with van der Waals surface area (Å²) in [7, 11) is 0. The zero-order valence-corrected chi connectivity index (χ0v) is 14.3. The number of carbonyl (C=O) groups excluding carboxylic acids is 1. The number of nitrogens with zero attached hydrogens (tertiary/aromatic N) is 2. The van der Waals surface area contributed by atoms with Crippen LogP contribution in [-0.4, -0.2) is 54.0 Å². The number of morpholine rings is 1. The minimum Gasteiger partial charge on any atom is -0.378 e. The van der Waals surface area contributed by atoms with Crippen LogP contribution in [0, 0.1) is 0 Å². The molecule has 1 N–H and O–H groups in total. The van der Waals surface area contributed by atoms with Crippen LogP contribution in [0.2, 0.25) is 0 Å². The maximum Gasteiger partial charge on any atom is 0.343 e. The monoisotopic (exact) mass is 314 g/mol. The quantitative estimate of drug-likeness (QED) is 0.355. The third-order valence-electron chi connectivity index (χ3n) is 4.23. The van der Waals surface area contributed by atoms with Crippen LogP contribution in [0.3, 0.4) is 0 Å². The Morgan fingerprint density at radius 1 is 0.955 bits per heavy atom. The van der Waals surface area contributed by atoms with E-state index in [0.717, 1.165) is 17.9 Å². The van der Waals surface area contributed by atoms with E-state index in [9.17, 15) is 10.0 Å². The van der Waals surface area contributed by atoms with Crippen molar-refractivity contribution in [1.82, 2.24) is 9.96 Å². The number of hydrogen-bond acceptors (Lipinski definition) is 3. The molecule has 130 valence electrons. The maximum absolute atomic E-state index is 11.9. The zero-order valence-electron chi connectivity index (χ0n) is 14.3. The molecule has 1 aliphatic heterocycles. The Kier molecular flexibility index (Phi) is 11.1. The first-order valence-electron chi connectivity index (χ1n) is 9.08. The van der Waals surface area contributed by atoms with E-state index in [2.05, 4.69) is 6.92 Å². The number of amides is 2. The summed E-state index contributed by atoms with van der Waals surface area (Å²) in [6.45, 7) is 4.97. The molecule has 1 aliphatic rings. The molecule has 0 saturated carbocycles. The van der Waals surface area contributed by atoms with Gasteiger partial charge in [-0.25, -0.2) is 9.86 Å². The Bertz CT molecular complexity index is 281. The fourth-order valence-electron chi connectivity index (χ4n) is 2.76. The zero-order chi connectivity index (χ0) is 16.0. The molecule has 0 aliphatic carbocycles. The number of hydroxylamine groups is 2. The number of carbonyl (C=O) groups is 1. The number of ether oxygens (including phenoxy) is 1. The number of rotatable bonds is 11. The van der Waals surface area contributed by atoms with Gasteiger partial charge in [-0.3, -0.25) is 5.21 Å². The smallest absolute Gasteiger partial charge is 0.343 e. The van der Waals surface area contributed by atoms with Gasteiger partial charge in [-0.15, -0.1) is 0 Å². The van der Waals surface area contributed by atoms with Crippen molar-refractivity contribution in [2.45, 2.75) is 71.1 Å². The molecular formula is C17H34N2O3. The van der Waals surface area contributed by atoms with Crippen LogP contribution in [0.1, 0.15) is 71.1 Å². The van der Waals surface area contributed by atoms with E-state index in [4.69, 9.17) is 4.74 Å². The summed E-state index contributed by atoms with van der Waals surface area (Å²) >= 11 is 0. The highest BCUT2D eigenvalue weighted by Crippen LogP contribution is 2.11. The molecule has 1 rings (SSSR count). The van der Waals surface area contributed by atoms with Gasteiger partial charge in [0, 0.05) is 13.1 Å². The Labute approximate surface area is 135 Å². The Balaban J connectivity index is 1.92. The molecule has 0 unspecified atom stereocenters. The molecule has 5 heteroatoms. The van der Waals surface area contributed by atoms with Crippen molar-refractivity contribution in [1.29, 1.82) is 0 Å². The third kappa shape index (κ3) is 8.59. The summed E-state index contributed by atoms with van der Waals surface area (Å²) in [6, 6.07) is -0.278. The molecule has 1 heterocycles. The highest BCUT2D eigenvalue weighted by atomic mass is 16.5. The maximum atomic E-state index is 11.9. The van der Waals surface area contributed by atoms with Crippen LogP contribution in [0.4, 0.5) is 4.79 Å². The Hall–Kier alpha value is -0.810. The van der Waals surface area contributed by atoms with Crippen LogP contribution in [0.25, 0.3) is 0 Å². The van der Waals surface area contributed by atoms with E-state index >= 15 is 0 Å². The van der Waals surface area contributed by atoms with Gasteiger partial charge in [0.05, 0.1) is 19.8 Å². The standard InChI is InChI=1S/C17H34N2O3/c1-2-3-4-5-6-7-8-9-10-11-12-19(21)17(20)18-13-15-22-16-14-18/h21H,2-16H2,1H3. The lowest BCUT2D eigenvalue weighted by molar-refractivity contribution is -0.0664. The minimum atomic E-state index is -0.278. The van der Waals surface area contributed by atoms with Crippen molar-refractivity contribution in [3.63, 3.8) is 0 Å². The molecule has 22 heavy (non-hydrogen) atoms. The molecule has 1 fully saturated rings. The number of unbranched alkanes of at least 4 members (excludes halogenated alkanes) is 9. The van der Waals surface area contributed by atoms with E-state index < -0.39 is 0 Å². The van der Waals surface area contributed by atoms with Gasteiger partial charge < -0.3 is 9.64 Å². The van der Waals surface area contributed by atoms with E-state index in [-0.39, 0.29) is 6.03 Å². The van der Waals surface area contributed by atoms with Gasteiger partial charge in [0.15, 0.2) is 0 Å². The van der Waals surface area contributed by atoms with Crippen molar-refractivity contribution in [3.05, 3.63) is 0 Å². The molecular weight excluding hydrogens is 280 g/mol. The van der Waals surface area contributed by atoms with Crippen LogP contribution >= 0.6 is 0 Å². The average molecular weight is 314 g/mol. The highest BCUT2D eigenvalue weighted by Gasteiger charge is 2.21. The largest absolute Gasteiger partial charge is 0.378 e. The summed E-state index contributed by atoms with van der Waals surface area (Å²) in [6.07, 6.45) is 12.5. The molecule has 0 radical (unpaired) electrons. The summed E-state index contributed by atoms with van der Waals surface area (Å²) in [5.74, 6) is 0. The topological polar surface area (TPSA) is 53.0 Å². The first kappa shape index (κ1) is 19.2. The Morgan fingerprint density at radius 2 is 1.45 bits per heavy atom. The van der Waals surface area contributed by atoms with Crippen LogP contribution in [-0.2, 0) is 4.74 Å². The van der Waals surface area contributed by atoms with Gasteiger partial charge >= 0.3 is 6.03 Å². The molecule has 5 nitrogen and oxygen atoms in total. The van der Waals surface area contributed by atoms with Gasteiger partial charge in [0.1, 0.15) is 0 Å². The van der Waals surface area contributed by atoms with Crippen LogP contribution < -0.4 is 0 Å². The van der Waals surface area contributed by atoms with Crippen molar-refractivity contribution in [2.75, 3.05) is 32.8 Å². The van der Waals surface area contributed by atoms with Crippen molar-refractivity contribution in [2.24, 2.45) is 0 Å². The molecule has 0 bridgehead atoms. The molecule has 1 saturated heterocycles. The molecule has 0 aromatic rings. The van der Waals surface area contributed by atoms with E-state index in [1.165, 1.54) is 51.4 Å². The molecule has 0 atom stereocenters. The second-order valence-corrected chi connectivity index (χ2v) is 6.19. The number of urea groups is 1. The lowest BCUT2D eigenvalue weighted by Crippen LogP contribution is -2.47. The summed E-state index contributed by atoms with van der Waals surface area (Å²) < 4.78 is 5.20. The fraction of sp³-hybridized carbons (Fsp3) is 0.941. The number of hydrogen-bond donors (Lipinski definition) is 1. The average Bonchev–Trinajstić information content (AvgIpc) is 2.56. The molecule has 0 aromatic heterocycles. The molecule has 0 spiro atoms. The van der Waals surface area contributed by atoms with Crippen molar-refractivity contribution < 1.29 is 14.7 Å². The van der Waals surface area contributed by atoms with Gasteiger partial charge in [-0.05, 0) is 6.42 Å². The van der Waals surface area contributed by atoms with Crippen molar-refractivity contribution >= 4 is 6.03 Å². The normalized spacial score (nSPS) is 15.1. The fourth-order valence-corrected chi connectivity index (χ4v) is 2.76. The van der Waals surface area contributed by atoms with E-state index in [1.54, 1.807) is 4.90 Å². The second-order valence-electron chi connectivity index (χ2n) is 6.19. The second kappa shape index (κ2) is 12.7. The van der Waals surface area contributed by atoms with Gasteiger partial charge in [0.25, 0.3) is 0 Å². The van der Waals surface area contributed by atoms with Crippen LogP contribution in [0.15, 0.2) is 0 Å². The summed E-state index contributed by atoms with van der Waals surface area (Å²) in [4.78, 5) is 13.6. The highest BCUT2D eigenvalue weighted by molar-refractivity contribution is 5.73. The van der Waals surface area contributed by atoms with Crippen molar-refractivity contribution in [3.8, 4) is 0 Å². The lowest BCUT2D eigenvalue weighted by atomic mass is 10.1. The minimum absolute atomic E-state index is 0.278. The molecule has 0 aromatic carbocycles. The van der Waals surface area contributed by atoms with E-state index in [0.29, 0.717) is 32.8 Å². The predicted octanol–water partition coefficient (Wildman–Crippen LogP) is 4.05. The van der Waals surface area contributed by atoms with E-state index in [1.807, 2.05) is 0 Å². The summed E-state index contributed by atoms with van der Waals surface area (Å²) in [5, 5.41) is 10.7. The van der Waals surface area contributed by atoms with Gasteiger partial charge in [0.2, 0.25) is 0 Å². The van der Waals surface area contributed by atoms with Crippen LogP contribution in [0.5, 0.6) is 0 Å². The van der Waals surface area contributed by atoms with Gasteiger partial charge in [-0.1, -0.05) is 64.7 Å². The SMILES string of the molecule is CCCCCCCCCCCCN(O)C(=O)N1CCOCC1. The Morgan fingerprint density at radius 3 is 2.00 bits per heavy atom. The predicted molar refractivity (Wildman–Crippen MR) is 88.1 cm³/mol. The molecule has 2 amide bonds. The summed E-state index contributed by atoms with van der Waals surface area (Å²) in [5.41, 5.74) is 0. The lowest BCUT2D eigenvalue weighted by Gasteiger charge is -2.29. The third-order valence-corrected chi connectivity index (χ3v) is 4.23. The first-order valence-corrected chi connectivity index (χ1v) is 9.08. The first-order chi connectivity index (χ1) is 10.8. The van der Waals surface area contributed by atoms with Gasteiger partial charge in [-0.2, -0.15) is 0 Å².